The molecule has 1 amide bonds. The Kier molecular flexibility index (Phi) is 4.72. The maximum Gasteiger partial charge on any atom is 0.238 e. The van der Waals surface area contributed by atoms with Crippen LogP contribution in [0.1, 0.15) is 19.4 Å². The zero-order valence-electron chi connectivity index (χ0n) is 11.8. The number of rotatable bonds is 3. The predicted octanol–water partition coefficient (Wildman–Crippen LogP) is 1.61. The van der Waals surface area contributed by atoms with Crippen molar-refractivity contribution < 1.29 is 9.53 Å². The van der Waals surface area contributed by atoms with Gasteiger partial charge >= 0.3 is 0 Å². The lowest BCUT2D eigenvalue weighted by Gasteiger charge is -2.34. The second-order valence-electron chi connectivity index (χ2n) is 5.19. The van der Waals surface area contributed by atoms with Gasteiger partial charge in [0.1, 0.15) is 0 Å². The number of morpholine rings is 1. The number of hydrogen-bond acceptors (Lipinski definition) is 4. The highest BCUT2D eigenvalue weighted by Crippen LogP contribution is 2.12. The molecule has 2 rings (SSSR count). The summed E-state index contributed by atoms with van der Waals surface area (Å²) in [5.74, 6) is -0.0682. The monoisotopic (exact) mass is 273 g/mol. The third kappa shape index (κ3) is 4.05. The summed E-state index contributed by atoms with van der Waals surface area (Å²) in [6, 6.07) is 8.97. The van der Waals surface area contributed by atoms with E-state index in [-0.39, 0.29) is 18.1 Å². The molecule has 0 radical (unpaired) electrons. The van der Waals surface area contributed by atoms with Crippen LogP contribution >= 0.6 is 0 Å². The van der Waals surface area contributed by atoms with Gasteiger partial charge in [-0.15, -0.1) is 0 Å². The molecule has 2 unspecified atom stereocenters. The van der Waals surface area contributed by atoms with E-state index in [9.17, 15) is 4.79 Å². The van der Waals surface area contributed by atoms with Gasteiger partial charge in [0.05, 0.1) is 30.4 Å². The van der Waals surface area contributed by atoms with Crippen LogP contribution in [-0.2, 0) is 9.53 Å². The molecule has 5 heteroatoms. The summed E-state index contributed by atoms with van der Waals surface area (Å²) in [7, 11) is 0. The number of amides is 1. The summed E-state index contributed by atoms with van der Waals surface area (Å²) in [6.45, 7) is 5.88. The number of benzene rings is 1. The fourth-order valence-corrected chi connectivity index (χ4v) is 2.48. The first-order valence-corrected chi connectivity index (χ1v) is 6.74. The van der Waals surface area contributed by atoms with E-state index in [4.69, 9.17) is 10.00 Å². The lowest BCUT2D eigenvalue weighted by Crippen LogP contribution is -2.48. The van der Waals surface area contributed by atoms with E-state index in [0.29, 0.717) is 17.8 Å². The molecule has 5 nitrogen and oxygen atoms in total. The number of hydrogen-bond donors (Lipinski definition) is 1. The summed E-state index contributed by atoms with van der Waals surface area (Å²) >= 11 is 0. The lowest BCUT2D eigenvalue weighted by molar-refractivity contribution is -0.121. The van der Waals surface area contributed by atoms with Crippen LogP contribution in [0.15, 0.2) is 24.3 Å². The molecule has 1 aliphatic rings. The molecule has 2 atom stereocenters. The van der Waals surface area contributed by atoms with Gasteiger partial charge in [-0.2, -0.15) is 5.26 Å². The molecule has 1 aliphatic heterocycles. The van der Waals surface area contributed by atoms with Gasteiger partial charge in [-0.3, -0.25) is 9.69 Å². The van der Waals surface area contributed by atoms with Crippen LogP contribution in [0.5, 0.6) is 0 Å². The quantitative estimate of drug-likeness (QED) is 0.908. The van der Waals surface area contributed by atoms with Gasteiger partial charge in [-0.25, -0.2) is 0 Å². The van der Waals surface area contributed by atoms with E-state index in [2.05, 4.69) is 16.3 Å². The van der Waals surface area contributed by atoms with Crippen molar-refractivity contribution in [2.75, 3.05) is 25.0 Å². The van der Waals surface area contributed by atoms with E-state index in [1.807, 2.05) is 13.8 Å². The summed E-state index contributed by atoms with van der Waals surface area (Å²) in [5, 5.41) is 11.7. The molecule has 0 aliphatic carbocycles. The zero-order chi connectivity index (χ0) is 14.5. The molecule has 0 spiro atoms. The van der Waals surface area contributed by atoms with Gasteiger partial charge in [0.15, 0.2) is 0 Å². The Labute approximate surface area is 119 Å². The third-order valence-corrected chi connectivity index (χ3v) is 3.14. The predicted molar refractivity (Wildman–Crippen MR) is 76.2 cm³/mol. The molecule has 1 saturated heterocycles. The number of carbonyl (C=O) groups is 1. The van der Waals surface area contributed by atoms with E-state index < -0.39 is 0 Å². The van der Waals surface area contributed by atoms with Crippen molar-refractivity contribution in [3.8, 4) is 6.07 Å². The highest BCUT2D eigenvalue weighted by molar-refractivity contribution is 5.92. The van der Waals surface area contributed by atoms with E-state index in [0.717, 1.165) is 13.1 Å². The van der Waals surface area contributed by atoms with Gasteiger partial charge in [-0.05, 0) is 32.0 Å². The van der Waals surface area contributed by atoms with Crippen LogP contribution in [0.3, 0.4) is 0 Å². The number of ether oxygens (including phenoxy) is 1. The number of nitriles is 1. The van der Waals surface area contributed by atoms with Gasteiger partial charge in [-0.1, -0.05) is 6.07 Å². The molecule has 1 aromatic rings. The standard InChI is InChI=1S/C15H19N3O2/c1-11-8-18(9-12(2)20-11)10-15(19)17-14-5-3-4-13(6-14)7-16/h3-6,11-12H,8-10H2,1-2H3,(H,17,19). The SMILES string of the molecule is CC1CN(CC(=O)Nc2cccc(C#N)c2)CC(C)O1. The summed E-state index contributed by atoms with van der Waals surface area (Å²) in [6.07, 6.45) is 0.293. The van der Waals surface area contributed by atoms with E-state index in [1.165, 1.54) is 0 Å². The van der Waals surface area contributed by atoms with Crippen LogP contribution in [-0.4, -0.2) is 42.6 Å². The minimum Gasteiger partial charge on any atom is -0.373 e. The number of carbonyl (C=O) groups excluding carboxylic acids is 1. The Hall–Kier alpha value is -1.90. The van der Waals surface area contributed by atoms with Crippen molar-refractivity contribution in [2.24, 2.45) is 0 Å². The third-order valence-electron chi connectivity index (χ3n) is 3.14. The van der Waals surface area contributed by atoms with Gasteiger partial charge in [0.2, 0.25) is 5.91 Å². The van der Waals surface area contributed by atoms with Crippen molar-refractivity contribution in [1.29, 1.82) is 5.26 Å². The highest BCUT2D eigenvalue weighted by atomic mass is 16.5. The average molecular weight is 273 g/mol. The Morgan fingerprint density at radius 2 is 2.15 bits per heavy atom. The van der Waals surface area contributed by atoms with Crippen LogP contribution in [0, 0.1) is 11.3 Å². The Balaban J connectivity index is 1.90. The second-order valence-corrected chi connectivity index (χ2v) is 5.19. The zero-order valence-corrected chi connectivity index (χ0v) is 11.8. The first-order valence-electron chi connectivity index (χ1n) is 6.74. The Bertz CT molecular complexity index is 514. The van der Waals surface area contributed by atoms with E-state index >= 15 is 0 Å². The van der Waals surface area contributed by atoms with Gasteiger partial charge < -0.3 is 10.1 Å². The molecule has 106 valence electrons. The molecular weight excluding hydrogens is 254 g/mol. The maximum absolute atomic E-state index is 12.0. The minimum atomic E-state index is -0.0682. The molecule has 1 aromatic carbocycles. The second kappa shape index (κ2) is 6.51. The van der Waals surface area contributed by atoms with Crippen molar-refractivity contribution in [1.82, 2.24) is 4.90 Å². The molecule has 0 saturated carbocycles. The Morgan fingerprint density at radius 1 is 1.45 bits per heavy atom. The fraction of sp³-hybridized carbons (Fsp3) is 0.467. The van der Waals surface area contributed by atoms with Crippen LogP contribution in [0.4, 0.5) is 5.69 Å². The molecule has 1 N–H and O–H groups in total. The van der Waals surface area contributed by atoms with Gasteiger partial charge in [0.25, 0.3) is 0 Å². The lowest BCUT2D eigenvalue weighted by atomic mass is 10.2. The first-order chi connectivity index (χ1) is 9.56. The molecular formula is C15H19N3O2. The largest absolute Gasteiger partial charge is 0.373 e. The van der Waals surface area contributed by atoms with Crippen LogP contribution < -0.4 is 5.32 Å². The molecule has 0 aromatic heterocycles. The van der Waals surface area contributed by atoms with E-state index in [1.54, 1.807) is 24.3 Å². The summed E-state index contributed by atoms with van der Waals surface area (Å²) in [4.78, 5) is 14.1. The van der Waals surface area contributed by atoms with Crippen molar-refractivity contribution >= 4 is 11.6 Å². The number of anilines is 1. The summed E-state index contributed by atoms with van der Waals surface area (Å²) in [5.41, 5.74) is 1.19. The van der Waals surface area contributed by atoms with Crippen molar-refractivity contribution in [3.63, 3.8) is 0 Å². The maximum atomic E-state index is 12.0. The van der Waals surface area contributed by atoms with Crippen LogP contribution in [0.2, 0.25) is 0 Å². The fourth-order valence-electron chi connectivity index (χ4n) is 2.48. The Morgan fingerprint density at radius 3 is 2.80 bits per heavy atom. The molecule has 1 fully saturated rings. The number of nitrogens with zero attached hydrogens (tertiary/aromatic N) is 2. The summed E-state index contributed by atoms with van der Waals surface area (Å²) < 4.78 is 5.64. The topological polar surface area (TPSA) is 65.4 Å². The highest BCUT2D eigenvalue weighted by Gasteiger charge is 2.23. The molecule has 20 heavy (non-hydrogen) atoms. The minimum absolute atomic E-state index is 0.0682. The van der Waals surface area contributed by atoms with Crippen LogP contribution in [0.25, 0.3) is 0 Å². The van der Waals surface area contributed by atoms with Crippen molar-refractivity contribution in [3.05, 3.63) is 29.8 Å². The number of nitrogens with one attached hydrogen (secondary N) is 1. The average Bonchev–Trinajstić information content (AvgIpc) is 2.37. The van der Waals surface area contributed by atoms with Crippen molar-refractivity contribution in [2.45, 2.75) is 26.1 Å². The molecule has 1 heterocycles. The smallest absolute Gasteiger partial charge is 0.238 e. The van der Waals surface area contributed by atoms with Gasteiger partial charge in [0, 0.05) is 18.8 Å². The first kappa shape index (κ1) is 14.5. The molecule has 0 bridgehead atoms. The normalized spacial score (nSPS) is 23.1.